The lowest BCUT2D eigenvalue weighted by Gasteiger charge is -2.70. The van der Waals surface area contributed by atoms with E-state index in [0.717, 1.165) is 30.4 Å². The molecule has 2 saturated heterocycles. The molecule has 3 saturated carbocycles. The predicted molar refractivity (Wildman–Crippen MR) is 202 cm³/mol. The molecule has 0 aromatic rings. The number of carboxylic acids is 3. The fourth-order valence-electron chi connectivity index (χ4n) is 13.2. The van der Waals surface area contributed by atoms with Gasteiger partial charge in [0.25, 0.3) is 0 Å². The van der Waals surface area contributed by atoms with E-state index in [1.165, 1.54) is 0 Å². The number of aliphatic hydroxyl groups is 7. The number of ether oxygens (including phenoxy) is 4. The first kappa shape index (κ1) is 44.5. The van der Waals surface area contributed by atoms with E-state index < -0.39 is 125 Å². The van der Waals surface area contributed by atoms with Crippen molar-refractivity contribution in [2.24, 2.45) is 44.3 Å². The van der Waals surface area contributed by atoms with Crippen LogP contribution in [0.3, 0.4) is 0 Å². The van der Waals surface area contributed by atoms with Gasteiger partial charge in [-0.1, -0.05) is 59.3 Å². The molecule has 0 bridgehead atoms. The van der Waals surface area contributed by atoms with Crippen LogP contribution < -0.4 is 0 Å². The molecule has 5 fully saturated rings. The van der Waals surface area contributed by atoms with Crippen LogP contribution in [0.15, 0.2) is 23.3 Å². The summed E-state index contributed by atoms with van der Waals surface area (Å²) in [5.41, 5.74) is -2.08. The normalized spacial score (nSPS) is 53.0. The fourth-order valence-corrected chi connectivity index (χ4v) is 13.2. The lowest BCUT2D eigenvalue weighted by Crippen LogP contribution is -2.67. The van der Waals surface area contributed by atoms with Gasteiger partial charge in [0, 0.05) is 0 Å². The number of hydrogen-bond acceptors (Lipinski definition) is 14. The SMILES string of the molecule is CC12CCC3(C)C(=C1CC(C)(C(=O)O)C(O[C@@H]1O[C@H](C(=O)O)[C@@H](O)[C@H](O)[C@H]1O)C2)C=CC1C2(C)CC(O)C(O[C@@H]4O[C@H](C(=O)O)[C@@H](O)[C@H](O)[C@H]4O)C(C)(C)C2CCC13C. The maximum atomic E-state index is 13.2. The Balaban J connectivity index is 1.19. The van der Waals surface area contributed by atoms with Crippen LogP contribution in [0.4, 0.5) is 0 Å². The summed E-state index contributed by atoms with van der Waals surface area (Å²) in [6, 6.07) is 0. The van der Waals surface area contributed by atoms with E-state index in [2.05, 4.69) is 39.8 Å². The first-order valence-electron chi connectivity index (χ1n) is 20.7. The third kappa shape index (κ3) is 6.39. The van der Waals surface area contributed by atoms with E-state index in [4.69, 9.17) is 18.9 Å². The third-order valence-electron chi connectivity index (χ3n) is 16.9. The van der Waals surface area contributed by atoms with Crippen molar-refractivity contribution in [3.05, 3.63) is 23.3 Å². The van der Waals surface area contributed by atoms with Crippen molar-refractivity contribution in [2.45, 2.75) is 173 Å². The highest BCUT2D eigenvalue weighted by Crippen LogP contribution is 2.74. The van der Waals surface area contributed by atoms with Gasteiger partial charge in [-0.05, 0) is 96.4 Å². The van der Waals surface area contributed by atoms with Crippen molar-refractivity contribution in [1.29, 1.82) is 0 Å². The Morgan fingerprint density at radius 1 is 0.695 bits per heavy atom. The van der Waals surface area contributed by atoms with Crippen LogP contribution >= 0.6 is 0 Å². The highest BCUT2D eigenvalue weighted by atomic mass is 16.7. The van der Waals surface area contributed by atoms with Crippen molar-refractivity contribution in [3.8, 4) is 0 Å². The molecule has 0 radical (unpaired) electrons. The molecule has 17 nitrogen and oxygen atoms in total. The highest BCUT2D eigenvalue weighted by molar-refractivity contribution is 5.76. The Kier molecular flexibility index (Phi) is 10.9. The van der Waals surface area contributed by atoms with Gasteiger partial charge in [0.15, 0.2) is 24.8 Å². The molecular formula is C42H62O17. The summed E-state index contributed by atoms with van der Waals surface area (Å²) in [6.45, 7) is 14.3. The maximum absolute atomic E-state index is 13.2. The van der Waals surface area contributed by atoms with Crippen LogP contribution in [0.5, 0.6) is 0 Å². The summed E-state index contributed by atoms with van der Waals surface area (Å²) in [7, 11) is 0. The van der Waals surface area contributed by atoms with Gasteiger partial charge in [0.2, 0.25) is 0 Å². The maximum Gasteiger partial charge on any atom is 0.335 e. The molecule has 0 aromatic heterocycles. The zero-order valence-corrected chi connectivity index (χ0v) is 34.6. The molecule has 2 heterocycles. The second-order valence-electron chi connectivity index (χ2n) is 20.5. The number of aliphatic hydroxyl groups excluding tert-OH is 7. The van der Waals surface area contributed by atoms with E-state index in [-0.39, 0.29) is 30.1 Å². The summed E-state index contributed by atoms with van der Waals surface area (Å²) in [6.07, 6.45) is -13.5. The molecule has 17 heteroatoms. The zero-order chi connectivity index (χ0) is 43.7. The van der Waals surface area contributed by atoms with Crippen LogP contribution in [0, 0.1) is 44.3 Å². The Labute approximate surface area is 342 Å². The van der Waals surface area contributed by atoms with Gasteiger partial charge in [0.05, 0.1) is 23.7 Å². The zero-order valence-electron chi connectivity index (χ0n) is 34.6. The van der Waals surface area contributed by atoms with Crippen molar-refractivity contribution < 1.29 is 84.4 Å². The summed E-state index contributed by atoms with van der Waals surface area (Å²) in [4.78, 5) is 36.8. The van der Waals surface area contributed by atoms with E-state index in [9.17, 15) is 65.4 Å². The smallest absolute Gasteiger partial charge is 0.335 e. The van der Waals surface area contributed by atoms with Crippen LogP contribution in [0.2, 0.25) is 0 Å². The third-order valence-corrected chi connectivity index (χ3v) is 16.9. The topological polar surface area (TPSA) is 290 Å². The van der Waals surface area contributed by atoms with Gasteiger partial charge in [-0.15, -0.1) is 0 Å². The second-order valence-corrected chi connectivity index (χ2v) is 20.5. The predicted octanol–water partition coefficient (Wildman–Crippen LogP) is 0.928. The Hall–Kier alpha value is -2.55. The molecule has 20 atom stereocenters. The molecule has 0 aromatic carbocycles. The summed E-state index contributed by atoms with van der Waals surface area (Å²) in [5.74, 6) is -4.35. The number of aliphatic carboxylic acids is 3. The molecule has 7 rings (SSSR count). The van der Waals surface area contributed by atoms with E-state index in [1.807, 2.05) is 13.8 Å². The van der Waals surface area contributed by atoms with Crippen LogP contribution in [-0.2, 0) is 33.3 Å². The minimum atomic E-state index is -1.92. The standard InChI is InChI=1S/C42H62O17/c1-37(2)20-10-11-42(7)21(39(20,4)15-19(43)31(37)59-35-28(49)24(45)26(47)30(58-35)33(52)53)9-8-17-18-14-40(5,36(54)55)22(16-38(18,3)12-13-41(17,42)6)56-34-27(48)23(44)25(46)29(57-34)32(50)51/h8-9,19-31,34-35,43-49H,10-16H2,1-7H3,(H,50,51)(H,52,53)(H,54,55)/t19?,20?,21?,22?,23-,24-,25-,26-,27+,28+,29-,30-,31?,34+,35-,38?,39?,40?,41?,42?/m0/s1. The fraction of sp³-hybridized carbons (Fsp3) is 0.833. The largest absolute Gasteiger partial charge is 0.481 e. The number of carbonyl (C=O) groups is 3. The van der Waals surface area contributed by atoms with Gasteiger partial charge >= 0.3 is 17.9 Å². The van der Waals surface area contributed by atoms with Crippen LogP contribution in [0.1, 0.15) is 93.4 Å². The molecule has 10 N–H and O–H groups in total. The van der Waals surface area contributed by atoms with Crippen molar-refractivity contribution in [3.63, 3.8) is 0 Å². The second kappa shape index (κ2) is 14.5. The van der Waals surface area contributed by atoms with Crippen molar-refractivity contribution >= 4 is 17.9 Å². The first-order valence-corrected chi connectivity index (χ1v) is 20.7. The number of allylic oxidation sites excluding steroid dienone is 4. The highest BCUT2D eigenvalue weighted by Gasteiger charge is 2.69. The molecule has 0 amide bonds. The van der Waals surface area contributed by atoms with E-state index in [0.29, 0.717) is 12.8 Å². The van der Waals surface area contributed by atoms with Crippen LogP contribution in [-0.4, -0.2) is 149 Å². The molecule has 332 valence electrons. The molecule has 0 spiro atoms. The minimum absolute atomic E-state index is 0.0371. The molecule has 10 unspecified atom stereocenters. The number of carboxylic acid groups (broad SMARTS) is 3. The molecular weight excluding hydrogens is 776 g/mol. The summed E-state index contributed by atoms with van der Waals surface area (Å²) >= 11 is 0. The Morgan fingerprint density at radius 3 is 1.76 bits per heavy atom. The number of fused-ring (bicyclic) bond motifs is 6. The van der Waals surface area contributed by atoms with Crippen LogP contribution in [0.25, 0.3) is 0 Å². The quantitative estimate of drug-likeness (QED) is 0.160. The molecule has 7 aliphatic rings. The summed E-state index contributed by atoms with van der Waals surface area (Å²) in [5, 5.41) is 105. The lowest BCUT2D eigenvalue weighted by molar-refractivity contribution is -0.334. The van der Waals surface area contributed by atoms with Crippen molar-refractivity contribution in [2.75, 3.05) is 0 Å². The summed E-state index contributed by atoms with van der Waals surface area (Å²) < 4.78 is 23.3. The minimum Gasteiger partial charge on any atom is -0.481 e. The Morgan fingerprint density at radius 2 is 1.24 bits per heavy atom. The van der Waals surface area contributed by atoms with Gasteiger partial charge < -0.3 is 70.0 Å². The van der Waals surface area contributed by atoms with Gasteiger partial charge in [0.1, 0.15) is 36.6 Å². The van der Waals surface area contributed by atoms with Crippen molar-refractivity contribution in [1.82, 2.24) is 0 Å². The molecule has 5 aliphatic carbocycles. The van der Waals surface area contributed by atoms with Gasteiger partial charge in [-0.2, -0.15) is 0 Å². The van der Waals surface area contributed by atoms with Gasteiger partial charge in [-0.3, -0.25) is 4.79 Å². The van der Waals surface area contributed by atoms with E-state index >= 15 is 0 Å². The average molecular weight is 839 g/mol. The first-order chi connectivity index (χ1) is 27.2. The lowest BCUT2D eigenvalue weighted by atomic mass is 9.35. The molecule has 2 aliphatic heterocycles. The monoisotopic (exact) mass is 838 g/mol. The van der Waals surface area contributed by atoms with Gasteiger partial charge in [-0.25, -0.2) is 9.59 Å². The van der Waals surface area contributed by atoms with E-state index in [1.54, 1.807) is 6.92 Å². The molecule has 59 heavy (non-hydrogen) atoms. The number of hydrogen-bond donors (Lipinski definition) is 10. The Bertz CT molecular complexity index is 1780. The number of rotatable bonds is 7. The average Bonchev–Trinajstić information content (AvgIpc) is 3.14.